The van der Waals surface area contributed by atoms with Crippen molar-refractivity contribution >= 4 is 15.9 Å². The molecule has 98 valence electrons. The van der Waals surface area contributed by atoms with Gasteiger partial charge in [-0.15, -0.1) is 0 Å². The molecule has 1 unspecified atom stereocenters. The summed E-state index contributed by atoms with van der Waals surface area (Å²) in [6, 6.07) is 0.374. The van der Waals surface area contributed by atoms with E-state index < -0.39 is 0 Å². The predicted molar refractivity (Wildman–Crippen MR) is 75.2 cm³/mol. The van der Waals surface area contributed by atoms with Gasteiger partial charge in [-0.2, -0.15) is 5.10 Å². The van der Waals surface area contributed by atoms with Gasteiger partial charge in [0.25, 0.3) is 0 Å². The Morgan fingerprint density at radius 1 is 1.53 bits per heavy atom. The van der Waals surface area contributed by atoms with Crippen molar-refractivity contribution in [2.24, 2.45) is 0 Å². The Hall–Kier alpha value is -0.390. The van der Waals surface area contributed by atoms with Crippen LogP contribution in [0.15, 0.2) is 10.7 Å². The van der Waals surface area contributed by atoms with Crippen LogP contribution >= 0.6 is 15.9 Å². The monoisotopic (exact) mass is 302 g/mol. The maximum absolute atomic E-state index is 4.44. The minimum atomic E-state index is 0.374. The maximum Gasteiger partial charge on any atom is 0.0696 e. The molecule has 0 amide bonds. The van der Waals surface area contributed by atoms with Gasteiger partial charge in [0.2, 0.25) is 0 Å². The van der Waals surface area contributed by atoms with Crippen LogP contribution in [0.4, 0.5) is 0 Å². The van der Waals surface area contributed by atoms with Crippen molar-refractivity contribution < 1.29 is 0 Å². The van der Waals surface area contributed by atoms with Crippen LogP contribution in [-0.2, 0) is 6.54 Å². The Labute approximate surface area is 113 Å². The van der Waals surface area contributed by atoms with Gasteiger partial charge in [-0.1, -0.05) is 13.3 Å². The zero-order valence-corrected chi connectivity index (χ0v) is 12.8. The van der Waals surface area contributed by atoms with Gasteiger partial charge in [0.15, 0.2) is 0 Å². The van der Waals surface area contributed by atoms with E-state index >= 15 is 0 Å². The minimum Gasteiger partial charge on any atom is -0.312 e. The van der Waals surface area contributed by atoms with Crippen LogP contribution in [0.1, 0.15) is 31.5 Å². The average Bonchev–Trinajstić information content (AvgIpc) is 2.65. The lowest BCUT2D eigenvalue weighted by molar-refractivity contribution is 0.361. The standard InChI is InChI=1S/C12H23BrN4/c1-5-6-11(14-2)12-10(13)9-15-17(12)8-7-16(3)4/h9,11,14H,5-8H2,1-4H3. The largest absolute Gasteiger partial charge is 0.312 e. The van der Waals surface area contributed by atoms with Crippen LogP contribution in [0, 0.1) is 0 Å². The molecule has 0 aliphatic heterocycles. The summed E-state index contributed by atoms with van der Waals surface area (Å²) < 4.78 is 3.20. The van der Waals surface area contributed by atoms with E-state index in [2.05, 4.69) is 56.9 Å². The normalized spacial score (nSPS) is 13.3. The molecule has 5 heteroatoms. The SMILES string of the molecule is CCCC(NC)c1c(Br)cnn1CCN(C)C. The summed E-state index contributed by atoms with van der Waals surface area (Å²) in [4.78, 5) is 2.17. The lowest BCUT2D eigenvalue weighted by atomic mass is 10.1. The minimum absolute atomic E-state index is 0.374. The highest BCUT2D eigenvalue weighted by Gasteiger charge is 2.17. The third-order valence-corrected chi connectivity index (χ3v) is 3.46. The van der Waals surface area contributed by atoms with Crippen LogP contribution in [0.2, 0.25) is 0 Å². The second-order valence-electron chi connectivity index (χ2n) is 4.53. The third kappa shape index (κ3) is 4.08. The fourth-order valence-electron chi connectivity index (χ4n) is 1.90. The zero-order valence-electron chi connectivity index (χ0n) is 11.2. The van der Waals surface area contributed by atoms with Crippen LogP contribution in [0.25, 0.3) is 0 Å². The molecule has 1 atom stereocenters. The highest BCUT2D eigenvalue weighted by atomic mass is 79.9. The number of nitrogens with one attached hydrogen (secondary N) is 1. The van der Waals surface area contributed by atoms with Crippen molar-refractivity contribution in [2.45, 2.75) is 32.4 Å². The zero-order chi connectivity index (χ0) is 12.8. The van der Waals surface area contributed by atoms with E-state index in [1.54, 1.807) is 0 Å². The molecule has 0 bridgehead atoms. The molecule has 4 nitrogen and oxygen atoms in total. The number of hydrogen-bond donors (Lipinski definition) is 1. The predicted octanol–water partition coefficient (Wildman–Crippen LogP) is 2.27. The Balaban J connectivity index is 2.84. The van der Waals surface area contributed by atoms with Gasteiger partial charge in [0.05, 0.1) is 29.0 Å². The molecule has 1 N–H and O–H groups in total. The van der Waals surface area contributed by atoms with Gasteiger partial charge in [-0.25, -0.2) is 0 Å². The molecule has 0 aliphatic carbocycles. The summed E-state index contributed by atoms with van der Waals surface area (Å²) in [5, 5.41) is 7.81. The average molecular weight is 303 g/mol. The Morgan fingerprint density at radius 3 is 2.76 bits per heavy atom. The molecule has 0 radical (unpaired) electrons. The molecule has 0 aliphatic rings. The number of aromatic nitrogens is 2. The van der Waals surface area contributed by atoms with Crippen molar-refractivity contribution in [1.82, 2.24) is 20.0 Å². The molecule has 0 saturated heterocycles. The molecule has 0 aromatic carbocycles. The Kier molecular flexibility index (Phi) is 6.16. The molecular weight excluding hydrogens is 280 g/mol. The fraction of sp³-hybridized carbons (Fsp3) is 0.750. The quantitative estimate of drug-likeness (QED) is 0.839. The molecule has 1 heterocycles. The van der Waals surface area contributed by atoms with E-state index in [9.17, 15) is 0 Å². The summed E-state index contributed by atoms with van der Waals surface area (Å²) in [5.74, 6) is 0. The summed E-state index contributed by atoms with van der Waals surface area (Å²) >= 11 is 3.60. The second-order valence-corrected chi connectivity index (χ2v) is 5.39. The first-order valence-electron chi connectivity index (χ1n) is 6.13. The smallest absolute Gasteiger partial charge is 0.0696 e. The Morgan fingerprint density at radius 2 is 2.24 bits per heavy atom. The summed E-state index contributed by atoms with van der Waals surface area (Å²) in [6.45, 7) is 4.14. The van der Waals surface area contributed by atoms with Crippen LogP contribution < -0.4 is 5.32 Å². The highest BCUT2D eigenvalue weighted by Crippen LogP contribution is 2.26. The fourth-order valence-corrected chi connectivity index (χ4v) is 2.47. The Bertz CT molecular complexity index is 335. The van der Waals surface area contributed by atoms with Crippen LogP contribution in [-0.4, -0.2) is 42.4 Å². The third-order valence-electron chi connectivity index (χ3n) is 2.85. The van der Waals surface area contributed by atoms with E-state index in [4.69, 9.17) is 0 Å². The maximum atomic E-state index is 4.44. The summed E-state index contributed by atoms with van der Waals surface area (Å²) in [5.41, 5.74) is 1.26. The lowest BCUT2D eigenvalue weighted by Crippen LogP contribution is -2.24. The van der Waals surface area contributed by atoms with Gasteiger partial charge in [-0.3, -0.25) is 4.68 Å². The number of rotatable bonds is 7. The molecular formula is C12H23BrN4. The van der Waals surface area contributed by atoms with Crippen LogP contribution in [0.5, 0.6) is 0 Å². The molecule has 17 heavy (non-hydrogen) atoms. The molecule has 1 rings (SSSR count). The van der Waals surface area contributed by atoms with E-state index in [0.717, 1.165) is 30.4 Å². The van der Waals surface area contributed by atoms with E-state index in [1.807, 2.05) is 13.2 Å². The van der Waals surface area contributed by atoms with E-state index in [0.29, 0.717) is 6.04 Å². The highest BCUT2D eigenvalue weighted by molar-refractivity contribution is 9.10. The number of hydrogen-bond acceptors (Lipinski definition) is 3. The molecule has 1 aromatic rings. The molecule has 0 saturated carbocycles. The first-order valence-corrected chi connectivity index (χ1v) is 6.92. The van der Waals surface area contributed by atoms with E-state index in [1.165, 1.54) is 5.69 Å². The van der Waals surface area contributed by atoms with Gasteiger partial charge >= 0.3 is 0 Å². The molecule has 0 fully saturated rings. The van der Waals surface area contributed by atoms with Crippen molar-refractivity contribution in [1.29, 1.82) is 0 Å². The topological polar surface area (TPSA) is 33.1 Å². The van der Waals surface area contributed by atoms with Gasteiger partial charge in [0.1, 0.15) is 0 Å². The second kappa shape index (κ2) is 7.13. The van der Waals surface area contributed by atoms with Crippen molar-refractivity contribution in [3.63, 3.8) is 0 Å². The molecule has 1 aromatic heterocycles. The van der Waals surface area contributed by atoms with Crippen LogP contribution in [0.3, 0.4) is 0 Å². The van der Waals surface area contributed by atoms with Crippen molar-refractivity contribution in [2.75, 3.05) is 27.7 Å². The van der Waals surface area contributed by atoms with Gasteiger partial charge < -0.3 is 10.2 Å². The first kappa shape index (κ1) is 14.7. The van der Waals surface area contributed by atoms with Crippen molar-refractivity contribution in [3.8, 4) is 0 Å². The first-order chi connectivity index (χ1) is 8.10. The lowest BCUT2D eigenvalue weighted by Gasteiger charge is -2.19. The van der Waals surface area contributed by atoms with Gasteiger partial charge in [0, 0.05) is 6.54 Å². The number of nitrogens with zero attached hydrogens (tertiary/aromatic N) is 3. The number of likely N-dealkylation sites (N-methyl/N-ethyl adjacent to an activating group) is 1. The van der Waals surface area contributed by atoms with Gasteiger partial charge in [-0.05, 0) is 43.5 Å². The van der Waals surface area contributed by atoms with Crippen molar-refractivity contribution in [3.05, 3.63) is 16.4 Å². The van der Waals surface area contributed by atoms with E-state index in [-0.39, 0.29) is 0 Å². The summed E-state index contributed by atoms with van der Waals surface area (Å²) in [7, 11) is 6.18. The molecule has 0 spiro atoms. The summed E-state index contributed by atoms with van der Waals surface area (Å²) in [6.07, 6.45) is 4.19. The number of halogens is 1.